The van der Waals surface area contributed by atoms with E-state index in [1.54, 1.807) is 6.07 Å². The molecule has 1 atom stereocenters. The third-order valence-electron chi connectivity index (χ3n) is 2.89. The van der Waals surface area contributed by atoms with E-state index in [9.17, 15) is 14.9 Å². The van der Waals surface area contributed by atoms with Gasteiger partial charge in [0.05, 0.1) is 31.4 Å². The van der Waals surface area contributed by atoms with E-state index in [2.05, 4.69) is 4.98 Å². The van der Waals surface area contributed by atoms with Crippen molar-refractivity contribution < 1.29 is 19.6 Å². The molecule has 0 spiro atoms. The SMILES string of the molecule is O=C(O)CC1COCCN1c1ccc([N+](=O)[O-])nc1. The molecule has 102 valence electrons. The van der Waals surface area contributed by atoms with Gasteiger partial charge in [0, 0.05) is 12.6 Å². The van der Waals surface area contributed by atoms with E-state index < -0.39 is 10.9 Å². The summed E-state index contributed by atoms with van der Waals surface area (Å²) in [4.78, 5) is 26.4. The summed E-state index contributed by atoms with van der Waals surface area (Å²) in [5.74, 6) is -1.14. The number of morpholine rings is 1. The van der Waals surface area contributed by atoms with Crippen molar-refractivity contribution in [1.82, 2.24) is 4.98 Å². The number of carboxylic acid groups (broad SMARTS) is 1. The molecule has 1 saturated heterocycles. The van der Waals surface area contributed by atoms with Crippen LogP contribution in [-0.4, -0.2) is 46.8 Å². The number of ether oxygens (including phenoxy) is 1. The van der Waals surface area contributed by atoms with Gasteiger partial charge in [-0.15, -0.1) is 0 Å². The molecule has 1 N–H and O–H groups in total. The first-order valence-corrected chi connectivity index (χ1v) is 5.74. The highest BCUT2D eigenvalue weighted by Gasteiger charge is 2.26. The molecule has 1 aromatic heterocycles. The predicted molar refractivity (Wildman–Crippen MR) is 65.1 cm³/mol. The van der Waals surface area contributed by atoms with Gasteiger partial charge in [-0.05, 0) is 16.0 Å². The van der Waals surface area contributed by atoms with Crippen LogP contribution in [0.1, 0.15) is 6.42 Å². The molecule has 0 bridgehead atoms. The number of anilines is 1. The Bertz CT molecular complexity index is 476. The number of aliphatic carboxylic acids is 1. The van der Waals surface area contributed by atoms with Gasteiger partial charge in [0.15, 0.2) is 6.20 Å². The monoisotopic (exact) mass is 267 g/mol. The average Bonchev–Trinajstić information content (AvgIpc) is 2.39. The zero-order valence-corrected chi connectivity index (χ0v) is 10.1. The molecule has 8 heteroatoms. The van der Waals surface area contributed by atoms with Gasteiger partial charge in [0.25, 0.3) is 0 Å². The van der Waals surface area contributed by atoms with Crippen LogP contribution in [0.25, 0.3) is 0 Å². The van der Waals surface area contributed by atoms with E-state index in [0.29, 0.717) is 25.4 Å². The summed E-state index contributed by atoms with van der Waals surface area (Å²) in [6.45, 7) is 1.35. The summed E-state index contributed by atoms with van der Waals surface area (Å²) in [5, 5.41) is 19.4. The number of nitrogens with zero attached hydrogens (tertiary/aromatic N) is 3. The molecule has 0 amide bonds. The van der Waals surface area contributed by atoms with Crippen LogP contribution in [0, 0.1) is 10.1 Å². The number of hydrogen-bond donors (Lipinski definition) is 1. The summed E-state index contributed by atoms with van der Waals surface area (Å²) in [7, 11) is 0. The Kier molecular flexibility index (Phi) is 3.91. The van der Waals surface area contributed by atoms with E-state index in [0.717, 1.165) is 0 Å². The maximum atomic E-state index is 10.8. The molecule has 2 rings (SSSR count). The molecule has 1 fully saturated rings. The van der Waals surface area contributed by atoms with Crippen molar-refractivity contribution in [2.75, 3.05) is 24.7 Å². The summed E-state index contributed by atoms with van der Waals surface area (Å²) in [5.41, 5.74) is 0.667. The molecular formula is C11H13N3O5. The Morgan fingerprint density at radius 2 is 2.42 bits per heavy atom. The lowest BCUT2D eigenvalue weighted by atomic mass is 10.1. The fraction of sp³-hybridized carbons (Fsp3) is 0.455. The third-order valence-corrected chi connectivity index (χ3v) is 2.89. The minimum atomic E-state index is -0.907. The largest absolute Gasteiger partial charge is 0.481 e. The van der Waals surface area contributed by atoms with E-state index in [-0.39, 0.29) is 18.3 Å². The van der Waals surface area contributed by atoms with Gasteiger partial charge in [0.2, 0.25) is 0 Å². The van der Waals surface area contributed by atoms with Crippen LogP contribution in [-0.2, 0) is 9.53 Å². The van der Waals surface area contributed by atoms with E-state index >= 15 is 0 Å². The van der Waals surface area contributed by atoms with Crippen LogP contribution in [0.5, 0.6) is 0 Å². The predicted octanol–water partition coefficient (Wildman–Crippen LogP) is 0.670. The number of aromatic nitrogens is 1. The molecule has 1 aliphatic heterocycles. The van der Waals surface area contributed by atoms with Gasteiger partial charge in [-0.2, -0.15) is 0 Å². The van der Waals surface area contributed by atoms with Crippen LogP contribution >= 0.6 is 0 Å². The molecule has 1 aromatic rings. The minimum absolute atomic E-state index is 0.0447. The molecule has 0 radical (unpaired) electrons. The summed E-state index contributed by atoms with van der Waals surface area (Å²) >= 11 is 0. The van der Waals surface area contributed by atoms with Crippen LogP contribution in [0.4, 0.5) is 11.5 Å². The normalized spacial score (nSPS) is 19.2. The lowest BCUT2D eigenvalue weighted by Gasteiger charge is -2.35. The fourth-order valence-electron chi connectivity index (χ4n) is 2.02. The highest BCUT2D eigenvalue weighted by molar-refractivity contribution is 5.68. The van der Waals surface area contributed by atoms with Gasteiger partial charge in [-0.1, -0.05) is 0 Å². The molecule has 8 nitrogen and oxygen atoms in total. The van der Waals surface area contributed by atoms with Crippen molar-refractivity contribution in [2.24, 2.45) is 0 Å². The van der Waals surface area contributed by atoms with Gasteiger partial charge in [-0.3, -0.25) is 4.79 Å². The van der Waals surface area contributed by atoms with Gasteiger partial charge < -0.3 is 24.9 Å². The second kappa shape index (κ2) is 5.61. The van der Waals surface area contributed by atoms with E-state index in [4.69, 9.17) is 9.84 Å². The van der Waals surface area contributed by atoms with Crippen molar-refractivity contribution in [3.63, 3.8) is 0 Å². The zero-order chi connectivity index (χ0) is 13.8. The molecule has 1 aliphatic rings. The smallest absolute Gasteiger partial charge is 0.363 e. The minimum Gasteiger partial charge on any atom is -0.481 e. The lowest BCUT2D eigenvalue weighted by Crippen LogP contribution is -2.46. The van der Waals surface area contributed by atoms with Crippen LogP contribution in [0.15, 0.2) is 18.3 Å². The molecule has 1 unspecified atom stereocenters. The van der Waals surface area contributed by atoms with Crippen LogP contribution in [0.3, 0.4) is 0 Å². The quantitative estimate of drug-likeness (QED) is 0.631. The zero-order valence-electron chi connectivity index (χ0n) is 10.1. The Balaban J connectivity index is 2.17. The van der Waals surface area contributed by atoms with Crippen molar-refractivity contribution in [3.05, 3.63) is 28.4 Å². The molecular weight excluding hydrogens is 254 g/mol. The number of pyridine rings is 1. The fourth-order valence-corrected chi connectivity index (χ4v) is 2.02. The number of carbonyl (C=O) groups is 1. The number of hydrogen-bond acceptors (Lipinski definition) is 6. The topological polar surface area (TPSA) is 106 Å². The third kappa shape index (κ3) is 3.16. The second-order valence-electron chi connectivity index (χ2n) is 4.15. The molecule has 0 aliphatic carbocycles. The first-order chi connectivity index (χ1) is 9.08. The Labute approximate surface area is 108 Å². The molecule has 0 saturated carbocycles. The maximum absolute atomic E-state index is 10.8. The summed E-state index contributed by atoms with van der Waals surface area (Å²) < 4.78 is 5.26. The Morgan fingerprint density at radius 1 is 1.63 bits per heavy atom. The van der Waals surface area contributed by atoms with Crippen LogP contribution in [0.2, 0.25) is 0 Å². The molecule has 19 heavy (non-hydrogen) atoms. The number of carboxylic acids is 1. The average molecular weight is 267 g/mol. The van der Waals surface area contributed by atoms with Crippen molar-refractivity contribution >= 4 is 17.5 Å². The standard InChI is InChI=1S/C11H13N3O5/c15-11(16)5-9-7-19-4-3-13(9)8-1-2-10(12-6-8)14(17)18/h1-2,6,9H,3-5,7H2,(H,15,16). The molecule has 2 heterocycles. The Morgan fingerprint density at radius 3 is 3.00 bits per heavy atom. The summed E-state index contributed by atoms with van der Waals surface area (Å²) in [6, 6.07) is 2.60. The molecule has 0 aromatic carbocycles. The van der Waals surface area contributed by atoms with Gasteiger partial charge in [0.1, 0.15) is 0 Å². The lowest BCUT2D eigenvalue weighted by molar-refractivity contribution is -0.389. The number of nitro groups is 1. The van der Waals surface area contributed by atoms with Gasteiger partial charge in [-0.25, -0.2) is 0 Å². The van der Waals surface area contributed by atoms with Crippen LogP contribution < -0.4 is 4.90 Å². The highest BCUT2D eigenvalue weighted by Crippen LogP contribution is 2.22. The first kappa shape index (κ1) is 13.2. The Hall–Kier alpha value is -2.22. The van der Waals surface area contributed by atoms with Crippen molar-refractivity contribution in [2.45, 2.75) is 12.5 Å². The van der Waals surface area contributed by atoms with Gasteiger partial charge >= 0.3 is 11.8 Å². The van der Waals surface area contributed by atoms with E-state index in [1.165, 1.54) is 12.3 Å². The highest BCUT2D eigenvalue weighted by atomic mass is 16.6. The van der Waals surface area contributed by atoms with E-state index in [1.807, 2.05) is 4.90 Å². The number of rotatable bonds is 4. The second-order valence-corrected chi connectivity index (χ2v) is 4.15. The van der Waals surface area contributed by atoms with Crippen molar-refractivity contribution in [3.8, 4) is 0 Å². The maximum Gasteiger partial charge on any atom is 0.363 e. The van der Waals surface area contributed by atoms with Crippen molar-refractivity contribution in [1.29, 1.82) is 0 Å². The first-order valence-electron chi connectivity index (χ1n) is 5.74. The summed E-state index contributed by atoms with van der Waals surface area (Å²) in [6.07, 6.45) is 1.34.